The van der Waals surface area contributed by atoms with Crippen molar-refractivity contribution in [1.82, 2.24) is 20.3 Å². The van der Waals surface area contributed by atoms with Crippen molar-refractivity contribution in [2.24, 2.45) is 5.92 Å². The predicted octanol–water partition coefficient (Wildman–Crippen LogP) is 1.75. The van der Waals surface area contributed by atoms with E-state index in [4.69, 9.17) is 4.74 Å². The van der Waals surface area contributed by atoms with Gasteiger partial charge in [0.05, 0.1) is 18.4 Å². The lowest BCUT2D eigenvalue weighted by Gasteiger charge is -2.18. The third-order valence-corrected chi connectivity index (χ3v) is 3.98. The van der Waals surface area contributed by atoms with Gasteiger partial charge in [0.2, 0.25) is 5.91 Å². The average molecular weight is 336 g/mol. The van der Waals surface area contributed by atoms with E-state index in [2.05, 4.69) is 20.3 Å². The highest BCUT2D eigenvalue weighted by molar-refractivity contribution is 7.99. The van der Waals surface area contributed by atoms with Crippen LogP contribution in [0.15, 0.2) is 23.5 Å². The number of pyridine rings is 1. The van der Waals surface area contributed by atoms with Gasteiger partial charge in [-0.1, -0.05) is 25.6 Å². The van der Waals surface area contributed by atoms with Crippen LogP contribution in [0, 0.1) is 5.92 Å². The van der Waals surface area contributed by atoms with Gasteiger partial charge in [-0.15, -0.1) is 0 Å². The van der Waals surface area contributed by atoms with E-state index in [1.807, 2.05) is 26.0 Å². The number of methoxy groups -OCH3 is 1. The molecule has 2 aromatic rings. The molecule has 1 atom stereocenters. The Hall–Kier alpha value is -2.09. The molecule has 7 nitrogen and oxygen atoms in total. The van der Waals surface area contributed by atoms with E-state index in [0.29, 0.717) is 17.2 Å². The minimum Gasteiger partial charge on any atom is -0.467 e. The fraction of sp³-hybridized carbons (Fsp3) is 0.467. The zero-order chi connectivity index (χ0) is 16.8. The molecule has 0 aliphatic rings. The number of imidazole rings is 1. The second-order valence-electron chi connectivity index (χ2n) is 5.48. The lowest BCUT2D eigenvalue weighted by Crippen LogP contribution is -2.43. The van der Waals surface area contributed by atoms with Crippen molar-refractivity contribution >= 4 is 34.8 Å². The summed E-state index contributed by atoms with van der Waals surface area (Å²) in [5.41, 5.74) is 1.44. The van der Waals surface area contributed by atoms with Gasteiger partial charge in [0, 0.05) is 6.20 Å². The van der Waals surface area contributed by atoms with E-state index < -0.39 is 12.0 Å². The third-order valence-electron chi connectivity index (χ3n) is 3.10. The number of nitrogens with one attached hydrogen (secondary N) is 2. The Balaban J connectivity index is 1.91. The molecule has 0 spiro atoms. The van der Waals surface area contributed by atoms with E-state index in [1.54, 1.807) is 6.20 Å². The molecule has 0 saturated carbocycles. The SMILES string of the molecule is COC(=O)[C@H](CC(C)C)NC(=O)CSc1nc2ncccc2[nH]1. The highest BCUT2D eigenvalue weighted by atomic mass is 32.2. The summed E-state index contributed by atoms with van der Waals surface area (Å²) in [6, 6.07) is 3.06. The third kappa shape index (κ3) is 4.95. The maximum atomic E-state index is 12.0. The number of carbonyl (C=O) groups is 2. The van der Waals surface area contributed by atoms with Crippen molar-refractivity contribution in [3.05, 3.63) is 18.3 Å². The molecule has 1 amide bonds. The standard InChI is InChI=1S/C15H20N4O3S/c1-9(2)7-11(14(21)22-3)17-12(20)8-23-15-18-10-5-4-6-16-13(10)19-15/h4-6,9,11H,7-8H2,1-3H3,(H,17,20)(H,16,18,19)/t11-/m0/s1. The van der Waals surface area contributed by atoms with Crippen LogP contribution in [-0.2, 0) is 14.3 Å². The molecule has 0 radical (unpaired) electrons. The van der Waals surface area contributed by atoms with Crippen LogP contribution in [0.3, 0.4) is 0 Å². The van der Waals surface area contributed by atoms with Gasteiger partial charge in [0.1, 0.15) is 6.04 Å². The summed E-state index contributed by atoms with van der Waals surface area (Å²) in [7, 11) is 1.32. The molecule has 2 rings (SSSR count). The van der Waals surface area contributed by atoms with Gasteiger partial charge in [-0.05, 0) is 24.5 Å². The molecular weight excluding hydrogens is 316 g/mol. The van der Waals surface area contributed by atoms with Crippen LogP contribution < -0.4 is 5.32 Å². The van der Waals surface area contributed by atoms with Crippen molar-refractivity contribution in [2.45, 2.75) is 31.5 Å². The number of nitrogens with zero attached hydrogens (tertiary/aromatic N) is 2. The highest BCUT2D eigenvalue weighted by Gasteiger charge is 2.22. The maximum Gasteiger partial charge on any atom is 0.328 e. The zero-order valence-electron chi connectivity index (χ0n) is 13.3. The Kier molecular flexibility index (Phi) is 5.97. The van der Waals surface area contributed by atoms with Gasteiger partial charge in [-0.2, -0.15) is 0 Å². The number of ether oxygens (including phenoxy) is 1. The van der Waals surface area contributed by atoms with Crippen LogP contribution in [0.4, 0.5) is 0 Å². The fourth-order valence-corrected chi connectivity index (χ4v) is 2.77. The molecule has 0 fully saturated rings. The van der Waals surface area contributed by atoms with Crippen LogP contribution in [0.25, 0.3) is 11.2 Å². The molecule has 0 saturated heterocycles. The van der Waals surface area contributed by atoms with E-state index in [0.717, 1.165) is 5.52 Å². The average Bonchev–Trinajstić information content (AvgIpc) is 2.94. The lowest BCUT2D eigenvalue weighted by molar-refractivity contribution is -0.145. The highest BCUT2D eigenvalue weighted by Crippen LogP contribution is 2.17. The molecule has 8 heteroatoms. The first-order valence-electron chi connectivity index (χ1n) is 7.30. The predicted molar refractivity (Wildman–Crippen MR) is 88.0 cm³/mol. The summed E-state index contributed by atoms with van der Waals surface area (Å²) in [6.45, 7) is 3.97. The van der Waals surface area contributed by atoms with Crippen LogP contribution in [-0.4, -0.2) is 45.7 Å². The summed E-state index contributed by atoms with van der Waals surface area (Å²) >= 11 is 1.26. The molecule has 0 bridgehead atoms. The van der Waals surface area contributed by atoms with E-state index >= 15 is 0 Å². The lowest BCUT2D eigenvalue weighted by atomic mass is 10.0. The van der Waals surface area contributed by atoms with Gasteiger partial charge in [-0.3, -0.25) is 4.79 Å². The molecule has 0 aliphatic carbocycles. The normalized spacial score (nSPS) is 12.3. The number of esters is 1. The topological polar surface area (TPSA) is 97.0 Å². The minimum atomic E-state index is -0.620. The van der Waals surface area contributed by atoms with Gasteiger partial charge < -0.3 is 15.0 Å². The minimum absolute atomic E-state index is 0.158. The summed E-state index contributed by atoms with van der Waals surface area (Å²) in [5, 5.41) is 3.33. The molecule has 23 heavy (non-hydrogen) atoms. The van der Waals surface area contributed by atoms with Crippen LogP contribution in [0.1, 0.15) is 20.3 Å². The Labute approximate surface area is 138 Å². The first kappa shape index (κ1) is 17.3. The van der Waals surface area contributed by atoms with Crippen molar-refractivity contribution in [3.63, 3.8) is 0 Å². The number of hydrogen-bond acceptors (Lipinski definition) is 6. The van der Waals surface area contributed by atoms with Crippen molar-refractivity contribution < 1.29 is 14.3 Å². The fourth-order valence-electron chi connectivity index (χ4n) is 2.09. The van der Waals surface area contributed by atoms with Gasteiger partial charge in [0.15, 0.2) is 10.8 Å². The molecular formula is C15H20N4O3S. The number of aromatic amines is 1. The quantitative estimate of drug-likeness (QED) is 0.591. The first-order valence-corrected chi connectivity index (χ1v) is 8.29. The van der Waals surface area contributed by atoms with E-state index in [-0.39, 0.29) is 17.6 Å². The Morgan fingerprint density at radius 3 is 2.87 bits per heavy atom. The van der Waals surface area contributed by atoms with Crippen molar-refractivity contribution in [3.8, 4) is 0 Å². The summed E-state index contributed by atoms with van der Waals surface area (Å²) in [4.78, 5) is 35.3. The first-order chi connectivity index (χ1) is 11.0. The Morgan fingerprint density at radius 2 is 2.22 bits per heavy atom. The van der Waals surface area contributed by atoms with Gasteiger partial charge in [-0.25, -0.2) is 14.8 Å². The number of carbonyl (C=O) groups excluding carboxylic acids is 2. The Morgan fingerprint density at radius 1 is 1.43 bits per heavy atom. The smallest absolute Gasteiger partial charge is 0.328 e. The molecule has 2 heterocycles. The van der Waals surface area contributed by atoms with E-state index in [9.17, 15) is 9.59 Å². The van der Waals surface area contributed by atoms with Gasteiger partial charge in [0.25, 0.3) is 0 Å². The Bertz CT molecular complexity index is 653. The number of aromatic nitrogens is 3. The monoisotopic (exact) mass is 336 g/mol. The second-order valence-corrected chi connectivity index (χ2v) is 6.44. The van der Waals surface area contributed by atoms with Crippen molar-refractivity contribution in [2.75, 3.05) is 12.9 Å². The van der Waals surface area contributed by atoms with Crippen LogP contribution in [0.2, 0.25) is 0 Å². The van der Waals surface area contributed by atoms with E-state index in [1.165, 1.54) is 18.9 Å². The number of fused-ring (bicyclic) bond motifs is 1. The largest absolute Gasteiger partial charge is 0.467 e. The molecule has 0 aliphatic heterocycles. The summed E-state index contributed by atoms with van der Waals surface area (Å²) in [5.74, 6) is -0.233. The molecule has 2 N–H and O–H groups in total. The molecule has 124 valence electrons. The molecule has 0 unspecified atom stereocenters. The number of rotatable bonds is 7. The molecule has 0 aromatic carbocycles. The maximum absolute atomic E-state index is 12.0. The summed E-state index contributed by atoms with van der Waals surface area (Å²) in [6.07, 6.45) is 2.20. The molecule has 2 aromatic heterocycles. The number of amides is 1. The summed E-state index contributed by atoms with van der Waals surface area (Å²) < 4.78 is 4.73. The van der Waals surface area contributed by atoms with Crippen LogP contribution >= 0.6 is 11.8 Å². The van der Waals surface area contributed by atoms with Crippen LogP contribution in [0.5, 0.6) is 0 Å². The zero-order valence-corrected chi connectivity index (χ0v) is 14.1. The second kappa shape index (κ2) is 7.96. The number of hydrogen-bond donors (Lipinski definition) is 2. The van der Waals surface area contributed by atoms with Gasteiger partial charge >= 0.3 is 5.97 Å². The number of thioether (sulfide) groups is 1. The number of H-pyrrole nitrogens is 1. The van der Waals surface area contributed by atoms with Crippen molar-refractivity contribution in [1.29, 1.82) is 0 Å².